The van der Waals surface area contributed by atoms with Crippen LogP contribution in [0.15, 0.2) is 48.7 Å². The molecule has 1 aliphatic carbocycles. The fourth-order valence-corrected chi connectivity index (χ4v) is 4.74. The summed E-state index contributed by atoms with van der Waals surface area (Å²) in [5.74, 6) is 0.538. The molecule has 2 heterocycles. The summed E-state index contributed by atoms with van der Waals surface area (Å²) in [7, 11) is 0. The van der Waals surface area contributed by atoms with Crippen LogP contribution in [-0.2, 0) is 4.74 Å². The Morgan fingerprint density at radius 1 is 1.00 bits per heavy atom. The van der Waals surface area contributed by atoms with Crippen LogP contribution >= 0.6 is 0 Å². The van der Waals surface area contributed by atoms with E-state index < -0.39 is 5.60 Å². The summed E-state index contributed by atoms with van der Waals surface area (Å²) in [4.78, 5) is 19.2. The van der Waals surface area contributed by atoms with E-state index in [1.165, 1.54) is 5.56 Å². The second-order valence-corrected chi connectivity index (χ2v) is 8.43. The van der Waals surface area contributed by atoms with Gasteiger partial charge in [-0.3, -0.25) is 9.88 Å². The van der Waals surface area contributed by atoms with Gasteiger partial charge in [-0.15, -0.1) is 0 Å². The molecule has 2 fully saturated rings. The lowest BCUT2D eigenvalue weighted by molar-refractivity contribution is 0.0664. The van der Waals surface area contributed by atoms with E-state index in [1.807, 2.05) is 50.1 Å². The quantitative estimate of drug-likeness (QED) is 0.733. The van der Waals surface area contributed by atoms with Crippen LogP contribution in [0.3, 0.4) is 0 Å². The van der Waals surface area contributed by atoms with Gasteiger partial charge >= 0.3 is 6.09 Å². The summed E-state index contributed by atoms with van der Waals surface area (Å²) < 4.78 is 5.78. The zero-order chi connectivity index (χ0) is 19.0. The summed E-state index contributed by atoms with van der Waals surface area (Å²) in [6.45, 7) is 6.06. The van der Waals surface area contributed by atoms with E-state index in [2.05, 4.69) is 29.2 Å². The molecule has 1 atom stereocenters. The van der Waals surface area contributed by atoms with Crippen molar-refractivity contribution in [3.8, 4) is 0 Å². The van der Waals surface area contributed by atoms with Crippen LogP contribution in [0.2, 0.25) is 0 Å². The summed E-state index contributed by atoms with van der Waals surface area (Å²) in [6.07, 6.45) is 6.03. The molecule has 1 aromatic carbocycles. The number of ether oxygens (including phenoxy) is 1. The lowest BCUT2D eigenvalue weighted by Crippen LogP contribution is -2.42. The summed E-state index contributed by atoms with van der Waals surface area (Å²) in [5.41, 5.74) is 3.01. The van der Waals surface area contributed by atoms with Crippen molar-refractivity contribution in [3.05, 3.63) is 65.5 Å². The maximum absolute atomic E-state index is 12.8. The number of rotatable bonds is 3. The topological polar surface area (TPSA) is 42.4 Å². The molecular formula is C23H28N2O2. The van der Waals surface area contributed by atoms with E-state index in [0.29, 0.717) is 5.92 Å². The maximum Gasteiger partial charge on any atom is 0.411 e. The van der Waals surface area contributed by atoms with Crippen molar-refractivity contribution in [2.24, 2.45) is 0 Å². The van der Waals surface area contributed by atoms with Crippen LogP contribution in [0, 0.1) is 6.92 Å². The van der Waals surface area contributed by atoms with Gasteiger partial charge in [0, 0.05) is 17.9 Å². The molecule has 2 aliphatic rings. The van der Waals surface area contributed by atoms with Crippen LogP contribution in [-0.4, -0.2) is 27.6 Å². The molecule has 0 unspecified atom stereocenters. The van der Waals surface area contributed by atoms with Gasteiger partial charge in [0.25, 0.3) is 0 Å². The number of amides is 1. The van der Waals surface area contributed by atoms with Crippen LogP contribution in [0.5, 0.6) is 0 Å². The van der Waals surface area contributed by atoms with Gasteiger partial charge in [-0.05, 0) is 69.6 Å². The van der Waals surface area contributed by atoms with Crippen molar-refractivity contribution < 1.29 is 9.53 Å². The minimum atomic E-state index is -0.518. The zero-order valence-corrected chi connectivity index (χ0v) is 16.4. The Kier molecular flexibility index (Phi) is 4.67. The molecule has 4 nitrogen and oxygen atoms in total. The van der Waals surface area contributed by atoms with Gasteiger partial charge in [-0.2, -0.15) is 0 Å². The molecule has 0 bridgehead atoms. The first-order valence-corrected chi connectivity index (χ1v) is 9.94. The summed E-state index contributed by atoms with van der Waals surface area (Å²) in [6, 6.07) is 14.8. The maximum atomic E-state index is 12.8. The van der Waals surface area contributed by atoms with Gasteiger partial charge in [0.05, 0.1) is 6.04 Å². The number of carbonyl (C=O) groups is 1. The van der Waals surface area contributed by atoms with Crippen LogP contribution < -0.4 is 0 Å². The first-order valence-electron chi connectivity index (χ1n) is 9.94. The van der Waals surface area contributed by atoms with Crippen molar-refractivity contribution in [2.45, 2.75) is 70.1 Å². The molecule has 0 radical (unpaired) electrons. The third kappa shape index (κ3) is 3.45. The lowest BCUT2D eigenvalue weighted by atomic mass is 9.80. The number of pyridine rings is 1. The molecule has 4 heteroatoms. The number of aromatic nitrogens is 1. The van der Waals surface area contributed by atoms with E-state index in [-0.39, 0.29) is 18.2 Å². The van der Waals surface area contributed by atoms with Gasteiger partial charge in [0.1, 0.15) is 5.60 Å². The minimum Gasteiger partial charge on any atom is -0.441 e. The van der Waals surface area contributed by atoms with Gasteiger partial charge in [0.15, 0.2) is 0 Å². The molecule has 4 rings (SSSR count). The van der Waals surface area contributed by atoms with Gasteiger partial charge in [0.2, 0.25) is 0 Å². The highest BCUT2D eigenvalue weighted by molar-refractivity contribution is 5.72. The average Bonchev–Trinajstić information content (AvgIpc) is 2.91. The fourth-order valence-electron chi connectivity index (χ4n) is 4.74. The molecule has 1 aromatic heterocycles. The van der Waals surface area contributed by atoms with Gasteiger partial charge < -0.3 is 4.74 Å². The molecule has 1 saturated heterocycles. The lowest BCUT2D eigenvalue weighted by Gasteiger charge is -2.38. The first kappa shape index (κ1) is 18.0. The molecule has 1 saturated carbocycles. The number of carbonyl (C=O) groups excluding carboxylic acids is 1. The van der Waals surface area contributed by atoms with Crippen molar-refractivity contribution >= 4 is 6.09 Å². The highest BCUT2D eigenvalue weighted by Gasteiger charge is 2.51. The van der Waals surface area contributed by atoms with Crippen molar-refractivity contribution in [2.75, 3.05) is 0 Å². The molecule has 27 heavy (non-hydrogen) atoms. The third-order valence-electron chi connectivity index (χ3n) is 6.11. The highest BCUT2D eigenvalue weighted by atomic mass is 16.6. The molecule has 1 aliphatic heterocycles. The summed E-state index contributed by atoms with van der Waals surface area (Å²) in [5, 5.41) is 0. The molecule has 0 spiro atoms. The SMILES string of the molecule is Cc1ccc([C@H]2CC[C@@H](N3C(=O)OC(C)(C)[C@@H]3c3ccccc3)CC2)cn1. The monoisotopic (exact) mass is 364 g/mol. The Morgan fingerprint density at radius 2 is 1.70 bits per heavy atom. The second kappa shape index (κ2) is 6.99. The van der Waals surface area contributed by atoms with Gasteiger partial charge in [-0.1, -0.05) is 36.4 Å². The van der Waals surface area contributed by atoms with Crippen LogP contribution in [0.4, 0.5) is 4.79 Å². The second-order valence-electron chi connectivity index (χ2n) is 8.43. The Hall–Kier alpha value is -2.36. The predicted octanol–water partition coefficient (Wildman–Crippen LogP) is 5.39. The molecular weight excluding hydrogens is 336 g/mol. The van der Waals surface area contributed by atoms with Crippen molar-refractivity contribution in [1.82, 2.24) is 9.88 Å². The number of nitrogens with zero attached hydrogens (tertiary/aromatic N) is 2. The van der Waals surface area contributed by atoms with E-state index in [9.17, 15) is 4.79 Å². The van der Waals surface area contributed by atoms with Crippen molar-refractivity contribution in [1.29, 1.82) is 0 Å². The smallest absolute Gasteiger partial charge is 0.411 e. The zero-order valence-electron chi connectivity index (χ0n) is 16.4. The Balaban J connectivity index is 1.52. The van der Waals surface area contributed by atoms with Crippen LogP contribution in [0.25, 0.3) is 0 Å². The number of hydrogen-bond acceptors (Lipinski definition) is 3. The largest absolute Gasteiger partial charge is 0.441 e. The molecule has 0 N–H and O–H groups in total. The number of aryl methyl sites for hydroxylation is 1. The van der Waals surface area contributed by atoms with E-state index >= 15 is 0 Å². The van der Waals surface area contributed by atoms with Crippen LogP contribution in [0.1, 0.15) is 68.3 Å². The third-order valence-corrected chi connectivity index (χ3v) is 6.11. The average molecular weight is 364 g/mol. The van der Waals surface area contributed by atoms with E-state index in [4.69, 9.17) is 4.74 Å². The molecule has 142 valence electrons. The molecule has 2 aromatic rings. The Bertz CT molecular complexity index is 793. The van der Waals surface area contributed by atoms with Crippen molar-refractivity contribution in [3.63, 3.8) is 0 Å². The summed E-state index contributed by atoms with van der Waals surface area (Å²) >= 11 is 0. The predicted molar refractivity (Wildman–Crippen MR) is 106 cm³/mol. The highest BCUT2D eigenvalue weighted by Crippen LogP contribution is 2.45. The Morgan fingerprint density at radius 3 is 2.33 bits per heavy atom. The fraction of sp³-hybridized carbons (Fsp3) is 0.478. The number of cyclic esters (lactones) is 1. The van der Waals surface area contributed by atoms with Gasteiger partial charge in [-0.25, -0.2) is 4.79 Å². The Labute approximate surface area is 161 Å². The standard InChI is InChI=1S/C23H28N2O2/c1-16-9-10-19(15-24-16)17-11-13-20(14-12-17)25-21(18-7-5-4-6-8-18)23(2,3)27-22(25)26/h4-10,15,17,20-21H,11-14H2,1-3H3/t17-,20+,21-/m0/s1. The first-order chi connectivity index (χ1) is 13.0. The number of hydrogen-bond donors (Lipinski definition) is 0. The minimum absolute atomic E-state index is 0.0335. The van der Waals surface area contributed by atoms with E-state index in [1.54, 1.807) is 0 Å². The van der Waals surface area contributed by atoms with E-state index in [0.717, 1.165) is 36.9 Å². The molecule has 1 amide bonds. The number of benzene rings is 1. The normalized spacial score (nSPS) is 27.4.